The van der Waals surface area contributed by atoms with E-state index in [1.165, 1.54) is 0 Å². The number of carbonyl (C=O) groups is 1. The summed E-state index contributed by atoms with van der Waals surface area (Å²) in [6.07, 6.45) is 0. The molecule has 0 unspecified atom stereocenters. The van der Waals surface area contributed by atoms with Crippen LogP contribution in [-0.4, -0.2) is 31.3 Å². The largest absolute Gasteiger partial charge is 0.497 e. The average Bonchev–Trinajstić information content (AvgIpc) is 3.07. The van der Waals surface area contributed by atoms with Crippen LogP contribution in [0.3, 0.4) is 0 Å². The van der Waals surface area contributed by atoms with Gasteiger partial charge in [-0.1, -0.05) is 12.1 Å². The number of ether oxygens (including phenoxy) is 1. The van der Waals surface area contributed by atoms with Crippen molar-refractivity contribution in [2.24, 2.45) is 0 Å². The van der Waals surface area contributed by atoms with Crippen LogP contribution in [0, 0.1) is 6.92 Å². The first kappa shape index (κ1) is 19.0. The Morgan fingerprint density at radius 1 is 1.07 bits per heavy atom. The third-order valence-corrected chi connectivity index (χ3v) is 6.26. The third-order valence-electron chi connectivity index (χ3n) is 6.26. The fourth-order valence-corrected chi connectivity index (χ4v) is 3.78. The normalized spacial score (nSPS) is 19.9. The van der Waals surface area contributed by atoms with Crippen LogP contribution in [0.15, 0.2) is 36.4 Å². The average molecular weight is 379 g/mol. The predicted molar refractivity (Wildman–Crippen MR) is 110 cm³/mol. The van der Waals surface area contributed by atoms with E-state index >= 15 is 0 Å². The number of nitrogens with zero attached hydrogens (tertiary/aromatic N) is 1. The van der Waals surface area contributed by atoms with Gasteiger partial charge in [-0.25, -0.2) is 0 Å². The van der Waals surface area contributed by atoms with Crippen LogP contribution in [0.5, 0.6) is 5.75 Å². The van der Waals surface area contributed by atoms with Crippen molar-refractivity contribution in [2.45, 2.75) is 52.4 Å². The van der Waals surface area contributed by atoms with Crippen molar-refractivity contribution in [1.82, 2.24) is 0 Å². The lowest BCUT2D eigenvalue weighted by Crippen LogP contribution is -2.41. The standard InChI is InChI=1S/C22H26BNO4/c1-14-18(23-27-21(2,3)22(4,5)28-23)8-7-9-19(14)24-13-15-12-16(26-6)10-11-17(15)20(24)25/h7-12H,13H2,1-6H3. The molecule has 2 aliphatic heterocycles. The zero-order valence-electron chi connectivity index (χ0n) is 17.3. The van der Waals surface area contributed by atoms with Gasteiger partial charge in [-0.3, -0.25) is 4.79 Å². The van der Waals surface area contributed by atoms with Crippen molar-refractivity contribution in [2.75, 3.05) is 12.0 Å². The highest BCUT2D eigenvalue weighted by molar-refractivity contribution is 6.62. The molecule has 0 spiro atoms. The Labute approximate surface area is 166 Å². The minimum atomic E-state index is -0.454. The van der Waals surface area contributed by atoms with Crippen molar-refractivity contribution in [3.05, 3.63) is 53.1 Å². The van der Waals surface area contributed by atoms with Crippen LogP contribution in [0.1, 0.15) is 49.2 Å². The number of hydrogen-bond donors (Lipinski definition) is 0. The molecule has 0 aliphatic carbocycles. The molecule has 6 heteroatoms. The maximum Gasteiger partial charge on any atom is 0.495 e. The quantitative estimate of drug-likeness (QED) is 0.767. The first-order valence-electron chi connectivity index (χ1n) is 9.58. The molecule has 0 radical (unpaired) electrons. The molecular weight excluding hydrogens is 353 g/mol. The van der Waals surface area contributed by atoms with Gasteiger partial charge in [0.25, 0.3) is 5.91 Å². The number of carbonyl (C=O) groups excluding carboxylic acids is 1. The molecular formula is C22H26BNO4. The predicted octanol–water partition coefficient (Wildman–Crippen LogP) is 3.46. The van der Waals surface area contributed by atoms with Crippen molar-refractivity contribution < 1.29 is 18.8 Å². The lowest BCUT2D eigenvalue weighted by atomic mass is 9.75. The molecule has 0 saturated carbocycles. The SMILES string of the molecule is COc1ccc2c(c1)CN(c1cccc(B3OC(C)(C)C(C)(C)O3)c1C)C2=O. The smallest absolute Gasteiger partial charge is 0.495 e. The number of hydrogen-bond acceptors (Lipinski definition) is 4. The molecule has 28 heavy (non-hydrogen) atoms. The molecule has 2 aliphatic rings. The molecule has 2 aromatic rings. The van der Waals surface area contributed by atoms with Gasteiger partial charge in [0, 0.05) is 11.3 Å². The van der Waals surface area contributed by atoms with E-state index in [1.807, 2.05) is 75.9 Å². The van der Waals surface area contributed by atoms with E-state index in [2.05, 4.69) is 0 Å². The number of anilines is 1. The monoisotopic (exact) mass is 379 g/mol. The van der Waals surface area contributed by atoms with Gasteiger partial charge in [0.15, 0.2) is 0 Å². The summed E-state index contributed by atoms with van der Waals surface area (Å²) in [6, 6.07) is 11.5. The summed E-state index contributed by atoms with van der Waals surface area (Å²) in [7, 11) is 1.18. The Bertz CT molecular complexity index is 938. The fourth-order valence-electron chi connectivity index (χ4n) is 3.78. The second-order valence-corrected chi connectivity index (χ2v) is 8.49. The first-order chi connectivity index (χ1) is 13.1. The van der Waals surface area contributed by atoms with E-state index in [1.54, 1.807) is 7.11 Å². The molecule has 1 amide bonds. The molecule has 5 nitrogen and oxygen atoms in total. The highest BCUT2D eigenvalue weighted by Crippen LogP contribution is 2.38. The van der Waals surface area contributed by atoms with Gasteiger partial charge in [0.05, 0.1) is 24.9 Å². The lowest BCUT2D eigenvalue weighted by Gasteiger charge is -2.32. The minimum absolute atomic E-state index is 0.00632. The van der Waals surface area contributed by atoms with E-state index in [9.17, 15) is 4.79 Å². The highest BCUT2D eigenvalue weighted by atomic mass is 16.7. The van der Waals surface area contributed by atoms with Crippen molar-refractivity contribution in [3.8, 4) is 5.75 Å². The molecule has 146 valence electrons. The second-order valence-electron chi connectivity index (χ2n) is 8.49. The van der Waals surface area contributed by atoms with Gasteiger partial charge in [0.2, 0.25) is 0 Å². The summed E-state index contributed by atoms with van der Waals surface area (Å²) in [6.45, 7) is 10.7. The molecule has 2 heterocycles. The molecule has 0 bridgehead atoms. The number of methoxy groups -OCH3 is 1. The van der Waals surface area contributed by atoms with Crippen LogP contribution in [0.25, 0.3) is 0 Å². The van der Waals surface area contributed by atoms with Crippen LogP contribution in [0.4, 0.5) is 5.69 Å². The Balaban J connectivity index is 1.68. The summed E-state index contributed by atoms with van der Waals surface area (Å²) in [5.74, 6) is 0.767. The Kier molecular flexibility index (Phi) is 4.32. The molecule has 0 atom stereocenters. The molecule has 0 aromatic heterocycles. The Morgan fingerprint density at radius 2 is 1.75 bits per heavy atom. The van der Waals surface area contributed by atoms with Crippen molar-refractivity contribution in [3.63, 3.8) is 0 Å². The molecule has 1 fully saturated rings. The summed E-state index contributed by atoms with van der Waals surface area (Å²) < 4.78 is 17.8. The number of rotatable bonds is 3. The molecule has 2 aromatic carbocycles. The highest BCUT2D eigenvalue weighted by Gasteiger charge is 2.52. The summed E-state index contributed by atoms with van der Waals surface area (Å²) in [4.78, 5) is 14.8. The zero-order valence-corrected chi connectivity index (χ0v) is 17.3. The van der Waals surface area contributed by atoms with Gasteiger partial charge in [-0.2, -0.15) is 0 Å². The fraction of sp³-hybridized carbons (Fsp3) is 0.409. The number of amides is 1. The van der Waals surface area contributed by atoms with E-state index in [0.717, 1.165) is 33.6 Å². The summed E-state index contributed by atoms with van der Waals surface area (Å²) >= 11 is 0. The molecule has 4 rings (SSSR count). The number of benzene rings is 2. The van der Waals surface area contributed by atoms with Crippen LogP contribution < -0.4 is 15.1 Å². The maximum atomic E-state index is 13.0. The maximum absolute atomic E-state index is 13.0. The third kappa shape index (κ3) is 2.83. The molecule has 0 N–H and O–H groups in total. The summed E-state index contributed by atoms with van der Waals surface area (Å²) in [5, 5.41) is 0. The number of fused-ring (bicyclic) bond motifs is 1. The van der Waals surface area contributed by atoms with E-state index in [-0.39, 0.29) is 5.91 Å². The Morgan fingerprint density at radius 3 is 2.39 bits per heavy atom. The van der Waals surface area contributed by atoms with E-state index in [4.69, 9.17) is 14.0 Å². The summed E-state index contributed by atoms with van der Waals surface area (Å²) in [5.41, 5.74) is 3.72. The van der Waals surface area contributed by atoms with Gasteiger partial charge < -0.3 is 18.9 Å². The van der Waals surface area contributed by atoms with Gasteiger partial charge in [-0.05, 0) is 75.5 Å². The van der Waals surface area contributed by atoms with Gasteiger partial charge >= 0.3 is 7.12 Å². The first-order valence-corrected chi connectivity index (χ1v) is 9.58. The van der Waals surface area contributed by atoms with Crippen molar-refractivity contribution in [1.29, 1.82) is 0 Å². The van der Waals surface area contributed by atoms with Crippen LogP contribution in [0.2, 0.25) is 0 Å². The molecule has 1 saturated heterocycles. The van der Waals surface area contributed by atoms with Gasteiger partial charge in [-0.15, -0.1) is 0 Å². The lowest BCUT2D eigenvalue weighted by molar-refractivity contribution is 0.00578. The van der Waals surface area contributed by atoms with Crippen molar-refractivity contribution >= 4 is 24.2 Å². The van der Waals surface area contributed by atoms with Crippen LogP contribution >= 0.6 is 0 Å². The Hall–Kier alpha value is -2.31. The van der Waals surface area contributed by atoms with E-state index in [0.29, 0.717) is 6.54 Å². The second kappa shape index (κ2) is 6.36. The minimum Gasteiger partial charge on any atom is -0.497 e. The van der Waals surface area contributed by atoms with Crippen LogP contribution in [-0.2, 0) is 15.9 Å². The zero-order chi connectivity index (χ0) is 20.3. The van der Waals surface area contributed by atoms with E-state index < -0.39 is 18.3 Å². The van der Waals surface area contributed by atoms with Gasteiger partial charge in [0.1, 0.15) is 5.75 Å². The topological polar surface area (TPSA) is 48.0 Å².